The highest BCUT2D eigenvalue weighted by Gasteiger charge is 2.34. The summed E-state index contributed by atoms with van der Waals surface area (Å²) in [6.45, 7) is -0.529. The molecule has 1 aliphatic rings. The Bertz CT molecular complexity index is 1560. The summed E-state index contributed by atoms with van der Waals surface area (Å²) in [4.78, 5) is 50.5. The lowest BCUT2D eigenvalue weighted by Gasteiger charge is -2.19. The van der Waals surface area contributed by atoms with E-state index in [4.69, 9.17) is 44.6 Å². The molecular weight excluding hydrogens is 582 g/mol. The van der Waals surface area contributed by atoms with E-state index < -0.39 is 52.6 Å². The smallest absolute Gasteiger partial charge is 0.449 e. The molecule has 1 fully saturated rings. The third-order valence-corrected chi connectivity index (χ3v) is 6.38. The maximum absolute atomic E-state index is 13.3. The van der Waals surface area contributed by atoms with Crippen LogP contribution in [-0.2, 0) is 17.5 Å². The van der Waals surface area contributed by atoms with Crippen LogP contribution in [0.15, 0.2) is 46.1 Å². The second-order valence-corrected chi connectivity index (χ2v) is 8.90. The van der Waals surface area contributed by atoms with Gasteiger partial charge in [0, 0.05) is 0 Å². The third-order valence-electron chi connectivity index (χ3n) is 5.36. The van der Waals surface area contributed by atoms with Crippen molar-refractivity contribution in [1.82, 2.24) is 9.13 Å². The van der Waals surface area contributed by atoms with Gasteiger partial charge in [0.15, 0.2) is 0 Å². The molecule has 2 heterocycles. The normalized spacial score (nSPS) is 13.5. The van der Waals surface area contributed by atoms with Crippen molar-refractivity contribution in [1.29, 1.82) is 0 Å². The first kappa shape index (κ1) is 27.4. The van der Waals surface area contributed by atoms with Gasteiger partial charge < -0.3 is 14.6 Å². The number of halogens is 6. The number of benzene rings is 2. The van der Waals surface area contributed by atoms with Crippen LogP contribution in [0, 0.1) is 0 Å². The molecule has 0 bridgehead atoms. The van der Waals surface area contributed by atoms with E-state index in [-0.39, 0.29) is 40.1 Å². The molecule has 1 aliphatic heterocycles. The molecule has 38 heavy (non-hydrogen) atoms. The van der Waals surface area contributed by atoms with E-state index in [2.05, 4.69) is 4.74 Å². The van der Waals surface area contributed by atoms with Gasteiger partial charge in [-0.1, -0.05) is 46.9 Å². The molecule has 16 heteroatoms. The molecule has 2 aromatic carbocycles. The first-order chi connectivity index (χ1) is 17.8. The number of carbonyl (C=O) groups is 2. The Balaban J connectivity index is 1.89. The number of aromatic nitrogens is 2. The number of alkyl halides is 3. The molecule has 0 saturated carbocycles. The Morgan fingerprint density at radius 1 is 1.11 bits per heavy atom. The number of nitrogens with zero attached hydrogens (tertiary/aromatic N) is 3. The molecule has 1 N–H and O–H groups in total. The highest BCUT2D eigenvalue weighted by atomic mass is 35.5. The predicted molar refractivity (Wildman–Crippen MR) is 129 cm³/mol. The minimum absolute atomic E-state index is 0.0821. The number of carbonyl (C=O) groups excluding carboxylic acids is 1. The van der Waals surface area contributed by atoms with Gasteiger partial charge in [-0.2, -0.15) is 13.2 Å². The SMILES string of the molecule is O=C(O)Oc1cn(-c2cc(Cl)c(N3CCOC3=O)c(Cl)c2)c(=O)n(Cc2cccc(C(F)(F)F)c2Cl)c1=O. The number of anilines is 1. The second-order valence-electron chi connectivity index (χ2n) is 7.71. The van der Waals surface area contributed by atoms with Crippen LogP contribution >= 0.6 is 34.8 Å². The fourth-order valence-corrected chi connectivity index (χ4v) is 4.68. The van der Waals surface area contributed by atoms with Gasteiger partial charge in [-0.05, 0) is 23.8 Å². The zero-order chi connectivity index (χ0) is 27.9. The fraction of sp³-hybridized carbons (Fsp3) is 0.182. The molecule has 10 nitrogen and oxygen atoms in total. The molecule has 0 radical (unpaired) electrons. The predicted octanol–water partition coefficient (Wildman–Crippen LogP) is 5.04. The van der Waals surface area contributed by atoms with E-state index in [1.165, 1.54) is 12.1 Å². The number of amides is 1. The number of ether oxygens (including phenoxy) is 2. The van der Waals surface area contributed by atoms with Crippen LogP contribution in [0.4, 0.5) is 28.4 Å². The van der Waals surface area contributed by atoms with Crippen molar-refractivity contribution >= 4 is 52.7 Å². The monoisotopic (exact) mass is 593 g/mol. The zero-order valence-electron chi connectivity index (χ0n) is 18.6. The van der Waals surface area contributed by atoms with Crippen LogP contribution < -0.4 is 20.9 Å². The third kappa shape index (κ3) is 5.17. The molecular formula is C22H13Cl3F3N3O7. The average Bonchev–Trinajstić information content (AvgIpc) is 3.23. The average molecular weight is 595 g/mol. The van der Waals surface area contributed by atoms with Crippen molar-refractivity contribution in [3.05, 3.63) is 83.6 Å². The van der Waals surface area contributed by atoms with E-state index in [9.17, 15) is 32.3 Å². The summed E-state index contributed by atoms with van der Waals surface area (Å²) < 4.78 is 50.5. The summed E-state index contributed by atoms with van der Waals surface area (Å²) >= 11 is 18.6. The maximum Gasteiger partial charge on any atom is 0.511 e. The van der Waals surface area contributed by atoms with Gasteiger partial charge in [0.25, 0.3) is 5.56 Å². The van der Waals surface area contributed by atoms with Crippen molar-refractivity contribution in [3.8, 4) is 11.4 Å². The number of carboxylic acid groups (broad SMARTS) is 1. The van der Waals surface area contributed by atoms with Crippen LogP contribution in [0.5, 0.6) is 5.75 Å². The lowest BCUT2D eigenvalue weighted by Crippen LogP contribution is -2.40. The fourth-order valence-electron chi connectivity index (χ4n) is 3.70. The molecule has 1 amide bonds. The van der Waals surface area contributed by atoms with Gasteiger partial charge in [0.2, 0.25) is 5.75 Å². The molecule has 1 saturated heterocycles. The van der Waals surface area contributed by atoms with Crippen molar-refractivity contribution in [2.75, 3.05) is 18.1 Å². The summed E-state index contributed by atoms with van der Waals surface area (Å²) in [6, 6.07) is 5.32. The summed E-state index contributed by atoms with van der Waals surface area (Å²) in [6.07, 6.45) is -6.66. The molecule has 0 atom stereocenters. The number of rotatable bonds is 5. The van der Waals surface area contributed by atoms with Crippen molar-refractivity contribution in [3.63, 3.8) is 0 Å². The van der Waals surface area contributed by atoms with Crippen LogP contribution in [-0.4, -0.2) is 39.6 Å². The number of hydrogen-bond acceptors (Lipinski definition) is 6. The van der Waals surface area contributed by atoms with Gasteiger partial charge in [0.05, 0.1) is 51.3 Å². The molecule has 0 spiro atoms. The Morgan fingerprint density at radius 3 is 2.32 bits per heavy atom. The Kier molecular flexibility index (Phi) is 7.37. The molecule has 3 aromatic rings. The standard InChI is InChI=1S/C22H13Cl3F3N3O7/c23-13-6-11(7-14(24)17(13)29-4-5-37-20(29)34)30-9-15(38-21(35)36)18(32)31(19(30)33)8-10-2-1-3-12(16(10)25)22(26,27)28/h1-3,6-7,9H,4-5,8H2,(H,35,36). The number of cyclic esters (lactones) is 1. The topological polar surface area (TPSA) is 120 Å². The van der Waals surface area contributed by atoms with E-state index in [1.807, 2.05) is 0 Å². The summed E-state index contributed by atoms with van der Waals surface area (Å²) in [5.74, 6) is -0.848. The second kappa shape index (κ2) is 10.2. The molecule has 4 rings (SSSR count). The van der Waals surface area contributed by atoms with E-state index in [0.717, 1.165) is 33.9 Å². The van der Waals surface area contributed by atoms with E-state index in [1.54, 1.807) is 0 Å². The van der Waals surface area contributed by atoms with Crippen LogP contribution in [0.1, 0.15) is 11.1 Å². The lowest BCUT2D eigenvalue weighted by molar-refractivity contribution is -0.137. The molecule has 0 unspecified atom stereocenters. The van der Waals surface area contributed by atoms with Crippen molar-refractivity contribution in [2.45, 2.75) is 12.7 Å². The Hall–Kier alpha value is -3.68. The first-order valence-corrected chi connectivity index (χ1v) is 11.5. The summed E-state index contributed by atoms with van der Waals surface area (Å²) in [5, 5.41) is 8.10. The minimum atomic E-state index is -4.82. The summed E-state index contributed by atoms with van der Waals surface area (Å²) in [5.41, 5.74) is -3.81. The van der Waals surface area contributed by atoms with Crippen LogP contribution in [0.25, 0.3) is 5.69 Å². The zero-order valence-corrected chi connectivity index (χ0v) is 20.9. The Labute approximate surface area is 224 Å². The van der Waals surface area contributed by atoms with Crippen LogP contribution in [0.3, 0.4) is 0 Å². The largest absolute Gasteiger partial charge is 0.511 e. The van der Waals surface area contributed by atoms with Gasteiger partial charge in [-0.3, -0.25) is 18.8 Å². The first-order valence-electron chi connectivity index (χ1n) is 10.3. The van der Waals surface area contributed by atoms with E-state index >= 15 is 0 Å². The highest BCUT2D eigenvalue weighted by Crippen LogP contribution is 2.38. The lowest BCUT2D eigenvalue weighted by atomic mass is 10.1. The molecule has 1 aromatic heterocycles. The Morgan fingerprint density at radius 2 is 1.76 bits per heavy atom. The molecule has 0 aliphatic carbocycles. The van der Waals surface area contributed by atoms with Crippen molar-refractivity contribution < 1.29 is 37.3 Å². The van der Waals surface area contributed by atoms with Gasteiger partial charge in [-0.25, -0.2) is 14.4 Å². The summed E-state index contributed by atoms with van der Waals surface area (Å²) in [7, 11) is 0. The maximum atomic E-state index is 13.3. The molecule has 200 valence electrons. The highest BCUT2D eigenvalue weighted by molar-refractivity contribution is 6.40. The minimum Gasteiger partial charge on any atom is -0.449 e. The van der Waals surface area contributed by atoms with Gasteiger partial charge in [-0.15, -0.1) is 0 Å². The number of hydrogen-bond donors (Lipinski definition) is 1. The quantitative estimate of drug-likeness (QED) is 0.411. The van der Waals surface area contributed by atoms with E-state index in [0.29, 0.717) is 4.57 Å². The van der Waals surface area contributed by atoms with Crippen molar-refractivity contribution in [2.24, 2.45) is 0 Å². The van der Waals surface area contributed by atoms with Gasteiger partial charge >= 0.3 is 24.1 Å². The van der Waals surface area contributed by atoms with Crippen LogP contribution in [0.2, 0.25) is 15.1 Å². The van der Waals surface area contributed by atoms with Gasteiger partial charge in [0.1, 0.15) is 6.61 Å².